The standard InChI is InChI=1S/C21H17FN6O2/c22-16-4-3-15(8-14(16)9-25-17-2-1-6-24-20(17)23)28-21(29)19-11-26-18(10-27-19)13-5-7-30-12-13/h1-8,10-12,25H,9H2,(H2,23,24)(H,28,29). The number of nitrogen functional groups attached to an aromatic ring is 1. The van der Waals surface area contributed by atoms with Gasteiger partial charge in [0.2, 0.25) is 0 Å². The van der Waals surface area contributed by atoms with E-state index in [9.17, 15) is 9.18 Å². The number of amides is 1. The Morgan fingerprint density at radius 1 is 1.13 bits per heavy atom. The number of rotatable bonds is 6. The first-order valence-electron chi connectivity index (χ1n) is 8.99. The molecule has 0 fully saturated rings. The van der Waals surface area contributed by atoms with Crippen molar-refractivity contribution in [3.8, 4) is 11.3 Å². The van der Waals surface area contributed by atoms with Crippen LogP contribution in [0.2, 0.25) is 0 Å². The number of pyridine rings is 1. The molecule has 0 unspecified atom stereocenters. The number of nitrogens with one attached hydrogen (secondary N) is 2. The van der Waals surface area contributed by atoms with Gasteiger partial charge in [-0.15, -0.1) is 0 Å². The number of carbonyl (C=O) groups is 1. The average Bonchev–Trinajstić information content (AvgIpc) is 3.30. The molecular formula is C21H17FN6O2. The minimum atomic E-state index is -0.455. The first kappa shape index (κ1) is 19.1. The molecule has 0 aliphatic rings. The van der Waals surface area contributed by atoms with Crippen LogP contribution in [-0.2, 0) is 6.54 Å². The van der Waals surface area contributed by atoms with Gasteiger partial charge in [-0.05, 0) is 36.4 Å². The topological polar surface area (TPSA) is 119 Å². The highest BCUT2D eigenvalue weighted by atomic mass is 19.1. The number of carbonyl (C=O) groups excluding carboxylic acids is 1. The monoisotopic (exact) mass is 404 g/mol. The number of hydrogen-bond donors (Lipinski definition) is 3. The largest absolute Gasteiger partial charge is 0.472 e. The highest BCUT2D eigenvalue weighted by molar-refractivity contribution is 6.02. The van der Waals surface area contributed by atoms with E-state index in [1.54, 1.807) is 30.5 Å². The lowest BCUT2D eigenvalue weighted by molar-refractivity contribution is 0.102. The van der Waals surface area contributed by atoms with Crippen LogP contribution in [0.1, 0.15) is 16.1 Å². The van der Waals surface area contributed by atoms with Gasteiger partial charge in [-0.25, -0.2) is 14.4 Å². The SMILES string of the molecule is Nc1ncccc1NCc1cc(NC(=O)c2cnc(-c3ccoc3)cn2)ccc1F. The molecule has 1 aromatic carbocycles. The van der Waals surface area contributed by atoms with E-state index in [1.165, 1.54) is 37.1 Å². The zero-order valence-electron chi connectivity index (χ0n) is 15.7. The molecule has 30 heavy (non-hydrogen) atoms. The molecule has 0 saturated carbocycles. The van der Waals surface area contributed by atoms with Crippen LogP contribution >= 0.6 is 0 Å². The number of nitrogens with two attached hydrogens (primary N) is 1. The van der Waals surface area contributed by atoms with Crippen molar-refractivity contribution >= 4 is 23.1 Å². The van der Waals surface area contributed by atoms with Crippen molar-refractivity contribution in [1.29, 1.82) is 0 Å². The highest BCUT2D eigenvalue weighted by Gasteiger charge is 2.12. The predicted molar refractivity (Wildman–Crippen MR) is 110 cm³/mol. The molecule has 0 aliphatic heterocycles. The van der Waals surface area contributed by atoms with Gasteiger partial charge in [0, 0.05) is 29.6 Å². The quantitative estimate of drug-likeness (QED) is 0.448. The van der Waals surface area contributed by atoms with E-state index >= 15 is 0 Å². The molecule has 0 atom stereocenters. The normalized spacial score (nSPS) is 10.6. The maximum absolute atomic E-state index is 14.2. The van der Waals surface area contributed by atoms with Gasteiger partial charge in [-0.2, -0.15) is 0 Å². The van der Waals surface area contributed by atoms with Gasteiger partial charge in [0.05, 0.1) is 36.3 Å². The van der Waals surface area contributed by atoms with Crippen molar-refractivity contribution in [2.45, 2.75) is 6.54 Å². The minimum Gasteiger partial charge on any atom is -0.472 e. The van der Waals surface area contributed by atoms with E-state index in [0.717, 1.165) is 5.56 Å². The zero-order chi connectivity index (χ0) is 20.9. The van der Waals surface area contributed by atoms with E-state index in [2.05, 4.69) is 25.6 Å². The number of halogens is 1. The molecule has 0 bridgehead atoms. The smallest absolute Gasteiger partial charge is 0.275 e. The maximum Gasteiger partial charge on any atom is 0.275 e. The van der Waals surface area contributed by atoms with Gasteiger partial charge in [-0.3, -0.25) is 9.78 Å². The van der Waals surface area contributed by atoms with E-state index in [4.69, 9.17) is 10.2 Å². The van der Waals surface area contributed by atoms with Crippen LogP contribution in [0.25, 0.3) is 11.3 Å². The van der Waals surface area contributed by atoms with Crippen LogP contribution in [0.15, 0.2) is 71.9 Å². The molecule has 4 N–H and O–H groups in total. The van der Waals surface area contributed by atoms with Gasteiger partial charge in [0.1, 0.15) is 17.3 Å². The van der Waals surface area contributed by atoms with E-state index in [-0.39, 0.29) is 12.2 Å². The molecule has 150 valence electrons. The summed E-state index contributed by atoms with van der Waals surface area (Å²) in [4.78, 5) is 24.8. The fraction of sp³-hybridized carbons (Fsp3) is 0.0476. The van der Waals surface area contributed by atoms with Gasteiger partial charge < -0.3 is 20.8 Å². The number of hydrogen-bond acceptors (Lipinski definition) is 7. The van der Waals surface area contributed by atoms with Crippen molar-refractivity contribution < 1.29 is 13.6 Å². The summed E-state index contributed by atoms with van der Waals surface area (Å²) >= 11 is 0. The van der Waals surface area contributed by atoms with Crippen molar-refractivity contribution in [2.75, 3.05) is 16.4 Å². The van der Waals surface area contributed by atoms with Gasteiger partial charge in [-0.1, -0.05) is 0 Å². The Bertz CT molecular complexity index is 1160. The molecule has 0 radical (unpaired) electrons. The maximum atomic E-state index is 14.2. The number of nitrogens with zero attached hydrogens (tertiary/aromatic N) is 3. The molecule has 3 heterocycles. The zero-order valence-corrected chi connectivity index (χ0v) is 15.7. The number of furan rings is 1. The minimum absolute atomic E-state index is 0.134. The van der Waals surface area contributed by atoms with E-state index < -0.39 is 11.7 Å². The highest BCUT2D eigenvalue weighted by Crippen LogP contribution is 2.20. The van der Waals surface area contributed by atoms with Crippen molar-refractivity contribution in [3.05, 3.63) is 84.6 Å². The van der Waals surface area contributed by atoms with E-state index in [1.807, 2.05) is 0 Å². The molecule has 4 rings (SSSR count). The van der Waals surface area contributed by atoms with Crippen LogP contribution in [0.4, 0.5) is 21.6 Å². The van der Waals surface area contributed by atoms with Gasteiger partial charge in [0.25, 0.3) is 5.91 Å². The van der Waals surface area contributed by atoms with Crippen molar-refractivity contribution in [1.82, 2.24) is 15.0 Å². The van der Waals surface area contributed by atoms with Crippen LogP contribution in [0.3, 0.4) is 0 Å². The first-order chi connectivity index (χ1) is 14.6. The first-order valence-corrected chi connectivity index (χ1v) is 8.99. The summed E-state index contributed by atoms with van der Waals surface area (Å²) in [5.41, 5.74) is 8.65. The summed E-state index contributed by atoms with van der Waals surface area (Å²) in [6.45, 7) is 0.171. The Hall–Kier alpha value is -4.27. The summed E-state index contributed by atoms with van der Waals surface area (Å²) in [5, 5.41) is 5.73. The van der Waals surface area contributed by atoms with Crippen molar-refractivity contribution in [2.24, 2.45) is 0 Å². The molecule has 3 aromatic heterocycles. The second-order valence-corrected chi connectivity index (χ2v) is 6.35. The lowest BCUT2D eigenvalue weighted by Crippen LogP contribution is -2.14. The van der Waals surface area contributed by atoms with Gasteiger partial charge >= 0.3 is 0 Å². The summed E-state index contributed by atoms with van der Waals surface area (Å²) in [5.74, 6) is -0.546. The summed E-state index contributed by atoms with van der Waals surface area (Å²) in [6, 6.07) is 9.52. The van der Waals surface area contributed by atoms with Crippen LogP contribution in [0.5, 0.6) is 0 Å². The summed E-state index contributed by atoms with van der Waals surface area (Å²) < 4.78 is 19.2. The third kappa shape index (κ3) is 4.25. The van der Waals surface area contributed by atoms with E-state index in [0.29, 0.717) is 28.5 Å². The Morgan fingerprint density at radius 3 is 2.77 bits per heavy atom. The van der Waals surface area contributed by atoms with Crippen LogP contribution < -0.4 is 16.4 Å². The molecule has 0 spiro atoms. The Labute approximate surface area is 171 Å². The Kier molecular flexibility index (Phi) is 5.33. The summed E-state index contributed by atoms with van der Waals surface area (Å²) in [7, 11) is 0. The lowest BCUT2D eigenvalue weighted by atomic mass is 10.1. The molecule has 0 saturated heterocycles. The third-order valence-electron chi connectivity index (χ3n) is 4.31. The van der Waals surface area contributed by atoms with Crippen LogP contribution in [-0.4, -0.2) is 20.9 Å². The lowest BCUT2D eigenvalue weighted by Gasteiger charge is -2.11. The number of aromatic nitrogens is 3. The molecule has 0 aliphatic carbocycles. The van der Waals surface area contributed by atoms with Crippen LogP contribution in [0, 0.1) is 5.82 Å². The Morgan fingerprint density at radius 2 is 2.03 bits per heavy atom. The Balaban J connectivity index is 1.44. The second-order valence-electron chi connectivity index (χ2n) is 6.35. The number of anilines is 3. The summed E-state index contributed by atoms with van der Waals surface area (Å²) in [6.07, 6.45) is 7.49. The molecule has 9 heteroatoms. The average molecular weight is 404 g/mol. The molecule has 8 nitrogen and oxygen atoms in total. The van der Waals surface area contributed by atoms with Crippen molar-refractivity contribution in [3.63, 3.8) is 0 Å². The third-order valence-corrected chi connectivity index (χ3v) is 4.31. The van der Waals surface area contributed by atoms with Gasteiger partial charge in [0.15, 0.2) is 0 Å². The number of benzene rings is 1. The molecular weight excluding hydrogens is 387 g/mol. The second kappa shape index (κ2) is 8.39. The fourth-order valence-electron chi connectivity index (χ4n) is 2.75. The molecule has 1 amide bonds. The molecule has 4 aromatic rings. The fourth-order valence-corrected chi connectivity index (χ4v) is 2.75. The predicted octanol–water partition coefficient (Wildman–Crippen LogP) is 3.72.